The number of carbonyl (C=O) groups excluding carboxylic acids is 2. The largest absolute Gasteiger partial charge is 0.454 e. The summed E-state index contributed by atoms with van der Waals surface area (Å²) in [4.78, 5) is 23.4. The summed E-state index contributed by atoms with van der Waals surface area (Å²) in [6.07, 6.45) is 1.12. The highest BCUT2D eigenvalue weighted by molar-refractivity contribution is 7.73. The fourth-order valence-corrected chi connectivity index (χ4v) is 5.64. The number of hydrogen-bond donors (Lipinski definition) is 0. The lowest BCUT2D eigenvalue weighted by Crippen LogP contribution is -2.24. The molecule has 0 aliphatic carbocycles. The van der Waals surface area contributed by atoms with Crippen molar-refractivity contribution in [3.05, 3.63) is 145 Å². The third-order valence-electron chi connectivity index (χ3n) is 4.92. The van der Waals surface area contributed by atoms with Gasteiger partial charge in [0.05, 0.1) is 17.4 Å². The Morgan fingerprint density at radius 3 is 1.43 bits per heavy atom. The number of esters is 2. The standard InChI is InChI=1S/C21H19O2P.C9H8O2/c1-17(23-21(22)18-11-5-2-6-12-18)24(19-13-7-3-8-14-19)20-15-9-4-10-16-20;1-2-11-9(10)8-6-4-3-5-7-8/h2-17H,1H3;2-7H,1H2. The highest BCUT2D eigenvalue weighted by Crippen LogP contribution is 2.40. The molecule has 1 unspecified atom stereocenters. The van der Waals surface area contributed by atoms with Gasteiger partial charge in [-0.25, -0.2) is 9.59 Å². The molecule has 4 nitrogen and oxygen atoms in total. The Labute approximate surface area is 207 Å². The third kappa shape index (κ3) is 7.77. The molecule has 5 heteroatoms. The Morgan fingerprint density at radius 2 is 1.03 bits per heavy atom. The zero-order chi connectivity index (χ0) is 24.9. The van der Waals surface area contributed by atoms with E-state index in [1.807, 2.05) is 67.6 Å². The van der Waals surface area contributed by atoms with Crippen molar-refractivity contribution in [2.45, 2.75) is 12.8 Å². The first-order valence-corrected chi connectivity index (χ1v) is 12.5. The van der Waals surface area contributed by atoms with Crippen LogP contribution in [0.25, 0.3) is 0 Å². The molecule has 0 N–H and O–H groups in total. The van der Waals surface area contributed by atoms with Gasteiger partial charge in [-0.1, -0.05) is 104 Å². The van der Waals surface area contributed by atoms with Gasteiger partial charge < -0.3 is 9.47 Å². The minimum atomic E-state index is -0.778. The summed E-state index contributed by atoms with van der Waals surface area (Å²) >= 11 is 0. The molecule has 0 saturated heterocycles. The van der Waals surface area contributed by atoms with Crippen LogP contribution in [0.5, 0.6) is 0 Å². The number of ether oxygens (including phenoxy) is 2. The van der Waals surface area contributed by atoms with Gasteiger partial charge in [0, 0.05) is 0 Å². The molecular weight excluding hydrogens is 455 g/mol. The normalized spacial score (nSPS) is 10.9. The number of rotatable bonds is 7. The monoisotopic (exact) mass is 482 g/mol. The van der Waals surface area contributed by atoms with Gasteiger partial charge in [-0.2, -0.15) is 0 Å². The average Bonchev–Trinajstić information content (AvgIpc) is 2.91. The number of benzene rings is 4. The molecule has 0 aliphatic heterocycles. The van der Waals surface area contributed by atoms with Crippen LogP contribution in [0.4, 0.5) is 0 Å². The van der Waals surface area contributed by atoms with Crippen molar-refractivity contribution in [1.82, 2.24) is 0 Å². The lowest BCUT2D eigenvalue weighted by molar-refractivity contribution is 0.0476. The van der Waals surface area contributed by atoms with Gasteiger partial charge in [0.25, 0.3) is 0 Å². The summed E-state index contributed by atoms with van der Waals surface area (Å²) in [6.45, 7) is 5.26. The van der Waals surface area contributed by atoms with Crippen molar-refractivity contribution in [2.75, 3.05) is 0 Å². The number of carbonyl (C=O) groups is 2. The maximum absolute atomic E-state index is 12.4. The van der Waals surface area contributed by atoms with E-state index in [9.17, 15) is 9.59 Å². The van der Waals surface area contributed by atoms with Crippen LogP contribution >= 0.6 is 7.92 Å². The van der Waals surface area contributed by atoms with E-state index in [-0.39, 0.29) is 17.8 Å². The molecule has 0 aliphatic rings. The average molecular weight is 483 g/mol. The predicted molar refractivity (Wildman–Crippen MR) is 142 cm³/mol. The summed E-state index contributed by atoms with van der Waals surface area (Å²) in [5.74, 6) is -0.861. The lowest BCUT2D eigenvalue weighted by Gasteiger charge is -2.25. The van der Waals surface area contributed by atoms with Gasteiger partial charge in [0.15, 0.2) is 0 Å². The molecule has 176 valence electrons. The fraction of sp³-hybridized carbons (Fsp3) is 0.0667. The van der Waals surface area contributed by atoms with Crippen molar-refractivity contribution in [3.63, 3.8) is 0 Å². The maximum atomic E-state index is 12.4. The van der Waals surface area contributed by atoms with Crippen LogP contribution in [-0.4, -0.2) is 17.8 Å². The van der Waals surface area contributed by atoms with Crippen molar-refractivity contribution in [2.24, 2.45) is 0 Å². The van der Waals surface area contributed by atoms with Crippen molar-refractivity contribution in [3.8, 4) is 0 Å². The van der Waals surface area contributed by atoms with Crippen LogP contribution in [0.3, 0.4) is 0 Å². The molecule has 0 amide bonds. The second-order valence-corrected chi connectivity index (χ2v) is 9.85. The van der Waals surface area contributed by atoms with Crippen LogP contribution in [0.15, 0.2) is 134 Å². The van der Waals surface area contributed by atoms with Gasteiger partial charge in [0.1, 0.15) is 5.85 Å². The van der Waals surface area contributed by atoms with Gasteiger partial charge in [-0.3, -0.25) is 0 Å². The minimum Gasteiger partial charge on any atom is -0.454 e. The van der Waals surface area contributed by atoms with E-state index in [0.717, 1.165) is 6.26 Å². The molecule has 0 fully saturated rings. The summed E-state index contributed by atoms with van der Waals surface area (Å²) in [5, 5.41) is 2.40. The van der Waals surface area contributed by atoms with Crippen LogP contribution in [0.1, 0.15) is 27.6 Å². The van der Waals surface area contributed by atoms with Crippen molar-refractivity contribution in [1.29, 1.82) is 0 Å². The highest BCUT2D eigenvalue weighted by atomic mass is 31.1. The smallest absolute Gasteiger partial charge is 0.342 e. The molecule has 1 atom stereocenters. The van der Waals surface area contributed by atoms with Gasteiger partial charge in [0.2, 0.25) is 0 Å². The van der Waals surface area contributed by atoms with E-state index >= 15 is 0 Å². The number of hydrogen-bond acceptors (Lipinski definition) is 4. The molecule has 35 heavy (non-hydrogen) atoms. The first kappa shape index (κ1) is 25.6. The summed E-state index contributed by atoms with van der Waals surface area (Å²) in [5.41, 5.74) is 1.12. The van der Waals surface area contributed by atoms with Gasteiger partial charge in [-0.05, 0) is 49.7 Å². The molecule has 0 heterocycles. The van der Waals surface area contributed by atoms with Crippen LogP contribution in [0, 0.1) is 0 Å². The van der Waals surface area contributed by atoms with E-state index in [1.165, 1.54) is 10.6 Å². The van der Waals surface area contributed by atoms with Crippen LogP contribution in [-0.2, 0) is 9.47 Å². The van der Waals surface area contributed by atoms with Crippen LogP contribution < -0.4 is 10.6 Å². The summed E-state index contributed by atoms with van der Waals surface area (Å²) in [7, 11) is -0.778. The Kier molecular flexibility index (Phi) is 9.98. The second kappa shape index (κ2) is 13.6. The Hall–Kier alpha value is -4.01. The molecule has 4 aromatic carbocycles. The molecule has 4 rings (SSSR count). The molecule has 0 spiro atoms. The van der Waals surface area contributed by atoms with Crippen molar-refractivity contribution >= 4 is 30.5 Å². The molecule has 0 saturated carbocycles. The SMILES string of the molecule is C=COC(=O)c1ccccc1.CC(OC(=O)c1ccccc1)P(c1ccccc1)c1ccccc1. The first-order chi connectivity index (χ1) is 17.1. The molecule has 0 radical (unpaired) electrons. The zero-order valence-corrected chi connectivity index (χ0v) is 20.4. The quantitative estimate of drug-likeness (QED) is 0.176. The molecule has 0 bridgehead atoms. The molecule has 0 aromatic heterocycles. The topological polar surface area (TPSA) is 52.6 Å². The fourth-order valence-electron chi connectivity index (χ4n) is 3.31. The van der Waals surface area contributed by atoms with Crippen LogP contribution in [0.2, 0.25) is 0 Å². The minimum absolute atomic E-state index is 0.211. The van der Waals surface area contributed by atoms with Crippen molar-refractivity contribution < 1.29 is 19.1 Å². The van der Waals surface area contributed by atoms with E-state index in [0.29, 0.717) is 11.1 Å². The predicted octanol–water partition coefficient (Wildman–Crippen LogP) is 6.31. The molecular formula is C30H27O4P. The third-order valence-corrected chi connectivity index (χ3v) is 7.46. The van der Waals surface area contributed by atoms with E-state index in [4.69, 9.17) is 4.74 Å². The summed E-state index contributed by atoms with van der Waals surface area (Å²) in [6, 6.07) is 38.4. The maximum Gasteiger partial charge on any atom is 0.342 e. The lowest BCUT2D eigenvalue weighted by atomic mass is 10.2. The van der Waals surface area contributed by atoms with Gasteiger partial charge in [-0.15, -0.1) is 0 Å². The van der Waals surface area contributed by atoms with E-state index in [1.54, 1.807) is 36.4 Å². The molecule has 4 aromatic rings. The Balaban J connectivity index is 0.000000261. The zero-order valence-electron chi connectivity index (χ0n) is 19.5. The summed E-state index contributed by atoms with van der Waals surface area (Å²) < 4.78 is 10.4. The Morgan fingerprint density at radius 1 is 0.657 bits per heavy atom. The first-order valence-electron chi connectivity index (χ1n) is 11.1. The second-order valence-electron chi connectivity index (χ2n) is 7.35. The Bertz CT molecular complexity index is 1160. The van der Waals surface area contributed by atoms with Gasteiger partial charge >= 0.3 is 11.9 Å². The highest BCUT2D eigenvalue weighted by Gasteiger charge is 2.24. The van der Waals surface area contributed by atoms with E-state index < -0.39 is 7.92 Å². The van der Waals surface area contributed by atoms with E-state index in [2.05, 4.69) is 35.6 Å².